The quantitative estimate of drug-likeness (QED) is 0.186. The zero-order valence-corrected chi connectivity index (χ0v) is 35.1. The molecule has 0 unspecified atom stereocenters. The van der Waals surface area contributed by atoms with E-state index >= 15 is 0 Å². The first kappa shape index (κ1) is 45.1. The van der Waals surface area contributed by atoms with Crippen molar-refractivity contribution < 1.29 is 33.4 Å². The molecular formula is C43H70N4O7. The molecule has 1 aromatic carbocycles. The molecule has 2 heterocycles. The fourth-order valence-electron chi connectivity index (χ4n) is 8.62. The van der Waals surface area contributed by atoms with Crippen LogP contribution in [0.5, 0.6) is 0 Å². The number of Topliss-reactive ketones (excluding diaryl/α,β-unsaturated/α-hetero) is 1. The molecule has 8 atom stereocenters. The van der Waals surface area contributed by atoms with E-state index in [0.717, 1.165) is 32.1 Å². The number of ether oxygens (including phenoxy) is 2. The fraction of sp³-hybridized carbons (Fsp3) is 0.744. The van der Waals surface area contributed by atoms with Crippen LogP contribution in [0, 0.1) is 29.6 Å². The number of rotatable bonds is 20. The SMILES string of the molecule is CC[C@@H](CC(=O)[C@H](C)[C@@H](OC)[C@@H]1CCCN1C(=O)C[C@@H](OC)[C@H]([C@@H](C)CC)N(C)C(=O)[C@@H](CC(=O)N1CCNC(=O)C1(C)C)C(C)C)Cc1ccccc1. The number of nitrogens with zero attached hydrogens (tertiary/aromatic N) is 3. The molecule has 0 aromatic heterocycles. The molecule has 1 N–H and O–H groups in total. The number of likely N-dealkylation sites (tertiary alicyclic amines) is 1. The van der Waals surface area contributed by atoms with Gasteiger partial charge in [-0.3, -0.25) is 24.0 Å². The van der Waals surface area contributed by atoms with Gasteiger partial charge in [-0.05, 0) is 56.4 Å². The van der Waals surface area contributed by atoms with Gasteiger partial charge in [-0.1, -0.05) is 84.7 Å². The van der Waals surface area contributed by atoms with Crippen LogP contribution in [0.2, 0.25) is 0 Å². The van der Waals surface area contributed by atoms with Crippen molar-refractivity contribution in [2.45, 2.75) is 137 Å². The van der Waals surface area contributed by atoms with E-state index in [2.05, 4.69) is 38.2 Å². The van der Waals surface area contributed by atoms with Crippen LogP contribution in [0.4, 0.5) is 0 Å². The summed E-state index contributed by atoms with van der Waals surface area (Å²) in [4.78, 5) is 73.7. The Kier molecular flexibility index (Phi) is 17.2. The highest BCUT2D eigenvalue weighted by atomic mass is 16.5. The number of methoxy groups -OCH3 is 2. The maximum atomic E-state index is 14.3. The Labute approximate surface area is 325 Å². The smallest absolute Gasteiger partial charge is 0.245 e. The number of ketones is 1. The molecule has 11 nitrogen and oxygen atoms in total. The maximum Gasteiger partial charge on any atom is 0.245 e. The molecule has 4 amide bonds. The lowest BCUT2D eigenvalue weighted by atomic mass is 9.84. The molecule has 0 aliphatic carbocycles. The summed E-state index contributed by atoms with van der Waals surface area (Å²) in [6, 6.07) is 9.59. The number of carbonyl (C=O) groups excluding carboxylic acids is 5. The van der Waals surface area contributed by atoms with Gasteiger partial charge in [0, 0.05) is 65.6 Å². The predicted octanol–water partition coefficient (Wildman–Crippen LogP) is 5.53. The van der Waals surface area contributed by atoms with E-state index in [1.807, 2.05) is 43.9 Å². The molecule has 1 aromatic rings. The highest BCUT2D eigenvalue weighted by Gasteiger charge is 2.45. The number of piperazine rings is 1. The van der Waals surface area contributed by atoms with E-state index < -0.39 is 29.7 Å². The van der Waals surface area contributed by atoms with Crippen LogP contribution in [0.3, 0.4) is 0 Å². The van der Waals surface area contributed by atoms with Crippen molar-refractivity contribution in [2.75, 3.05) is 40.9 Å². The summed E-state index contributed by atoms with van der Waals surface area (Å²) in [5, 5.41) is 2.83. The summed E-state index contributed by atoms with van der Waals surface area (Å²) in [6.07, 6.45) is 3.53. The average Bonchev–Trinajstić information content (AvgIpc) is 3.63. The van der Waals surface area contributed by atoms with Gasteiger partial charge in [0.15, 0.2) is 0 Å². The van der Waals surface area contributed by atoms with E-state index in [0.29, 0.717) is 26.1 Å². The Morgan fingerprint density at radius 2 is 1.59 bits per heavy atom. The number of hydrogen-bond donors (Lipinski definition) is 1. The van der Waals surface area contributed by atoms with Crippen molar-refractivity contribution in [3.05, 3.63) is 35.9 Å². The summed E-state index contributed by atoms with van der Waals surface area (Å²) in [5.74, 6) is -1.47. The lowest BCUT2D eigenvalue weighted by molar-refractivity contribution is -0.154. The highest BCUT2D eigenvalue weighted by molar-refractivity contribution is 5.93. The molecular weight excluding hydrogens is 684 g/mol. The number of nitrogens with one attached hydrogen (secondary N) is 1. The Balaban J connectivity index is 1.76. The molecule has 2 saturated heterocycles. The van der Waals surface area contributed by atoms with Crippen molar-refractivity contribution in [3.63, 3.8) is 0 Å². The van der Waals surface area contributed by atoms with Gasteiger partial charge in [-0.15, -0.1) is 0 Å². The third-order valence-corrected chi connectivity index (χ3v) is 12.5. The Hall–Kier alpha value is -3.31. The first-order chi connectivity index (χ1) is 25.5. The minimum Gasteiger partial charge on any atom is -0.379 e. The summed E-state index contributed by atoms with van der Waals surface area (Å²) in [7, 11) is 4.96. The minimum atomic E-state index is -1.01. The normalized spacial score (nSPS) is 21.1. The Bertz CT molecular complexity index is 1400. The van der Waals surface area contributed by atoms with Crippen LogP contribution in [0.25, 0.3) is 0 Å². The van der Waals surface area contributed by atoms with Gasteiger partial charge in [-0.2, -0.15) is 0 Å². The molecule has 2 aliphatic heterocycles. The van der Waals surface area contributed by atoms with Gasteiger partial charge in [0.1, 0.15) is 11.3 Å². The first-order valence-corrected chi connectivity index (χ1v) is 20.3. The van der Waals surface area contributed by atoms with Crippen LogP contribution >= 0.6 is 0 Å². The molecule has 0 spiro atoms. The summed E-state index contributed by atoms with van der Waals surface area (Å²) >= 11 is 0. The summed E-state index contributed by atoms with van der Waals surface area (Å²) in [5.41, 5.74) is 0.217. The summed E-state index contributed by atoms with van der Waals surface area (Å²) < 4.78 is 12.1. The lowest BCUT2D eigenvalue weighted by Crippen LogP contribution is -2.63. The van der Waals surface area contributed by atoms with Gasteiger partial charge in [-0.25, -0.2) is 0 Å². The molecule has 2 fully saturated rings. The van der Waals surface area contributed by atoms with E-state index in [1.54, 1.807) is 44.9 Å². The second kappa shape index (κ2) is 20.6. The van der Waals surface area contributed by atoms with Gasteiger partial charge in [0.25, 0.3) is 0 Å². The van der Waals surface area contributed by atoms with E-state index in [4.69, 9.17) is 9.47 Å². The maximum absolute atomic E-state index is 14.3. The van der Waals surface area contributed by atoms with E-state index in [-0.39, 0.29) is 72.0 Å². The van der Waals surface area contributed by atoms with Gasteiger partial charge >= 0.3 is 0 Å². The largest absolute Gasteiger partial charge is 0.379 e. The molecule has 0 bridgehead atoms. The Morgan fingerprint density at radius 1 is 0.926 bits per heavy atom. The second-order valence-corrected chi connectivity index (χ2v) is 16.6. The average molecular weight is 755 g/mol. The van der Waals surface area contributed by atoms with Crippen LogP contribution in [-0.2, 0) is 39.9 Å². The topological polar surface area (TPSA) is 126 Å². The van der Waals surface area contributed by atoms with Crippen LogP contribution < -0.4 is 5.32 Å². The predicted molar refractivity (Wildman–Crippen MR) is 211 cm³/mol. The fourth-order valence-corrected chi connectivity index (χ4v) is 8.62. The molecule has 0 radical (unpaired) electrons. The van der Waals surface area contributed by atoms with E-state index in [9.17, 15) is 24.0 Å². The third kappa shape index (κ3) is 10.9. The first-order valence-electron chi connectivity index (χ1n) is 20.3. The van der Waals surface area contributed by atoms with Gasteiger partial charge < -0.3 is 29.5 Å². The lowest BCUT2D eigenvalue weighted by Gasteiger charge is -2.43. The third-order valence-electron chi connectivity index (χ3n) is 12.5. The van der Waals surface area contributed by atoms with Crippen molar-refractivity contribution in [1.29, 1.82) is 0 Å². The zero-order valence-electron chi connectivity index (χ0n) is 35.1. The van der Waals surface area contributed by atoms with Crippen LogP contribution in [0.1, 0.15) is 106 Å². The number of carbonyl (C=O) groups is 5. The van der Waals surface area contributed by atoms with Crippen molar-refractivity contribution >= 4 is 29.4 Å². The highest BCUT2D eigenvalue weighted by Crippen LogP contribution is 2.32. The number of amides is 4. The second-order valence-electron chi connectivity index (χ2n) is 16.6. The van der Waals surface area contributed by atoms with Gasteiger partial charge in [0.2, 0.25) is 23.6 Å². The Morgan fingerprint density at radius 3 is 2.17 bits per heavy atom. The van der Waals surface area contributed by atoms with Crippen molar-refractivity contribution in [2.24, 2.45) is 29.6 Å². The van der Waals surface area contributed by atoms with Gasteiger partial charge in [0.05, 0.1) is 30.7 Å². The minimum absolute atomic E-state index is 0.00826. The molecule has 11 heteroatoms. The van der Waals surface area contributed by atoms with Crippen molar-refractivity contribution in [3.8, 4) is 0 Å². The molecule has 0 saturated carbocycles. The molecule has 3 rings (SSSR count). The van der Waals surface area contributed by atoms with Crippen molar-refractivity contribution in [1.82, 2.24) is 20.0 Å². The monoisotopic (exact) mass is 755 g/mol. The molecule has 54 heavy (non-hydrogen) atoms. The molecule has 304 valence electrons. The number of hydrogen-bond acceptors (Lipinski definition) is 7. The van der Waals surface area contributed by atoms with Crippen LogP contribution in [-0.4, -0.2) is 115 Å². The standard InChI is InChI=1S/C43H70N4O7/c1-12-29(5)39(45(9)41(51)33(28(3)4)26-38(50)47-23-21-44-42(52)43(47,7)8)36(53-10)27-37(49)46-22-17-20-34(46)40(54-11)30(6)35(48)25-31(13-2)24-32-18-15-14-16-19-32/h14-16,18-19,28-31,33-34,36,39-40H,12-13,17,20-27H2,1-11H3,(H,44,52)/t29-,30-,31+,33-,34-,36+,39-,40+/m0/s1. The number of benzene rings is 1. The van der Waals surface area contributed by atoms with E-state index in [1.165, 1.54) is 5.56 Å². The summed E-state index contributed by atoms with van der Waals surface area (Å²) in [6.45, 7) is 16.8. The number of likely N-dealkylation sites (N-methyl/N-ethyl adjacent to an activating group) is 1. The van der Waals surface area contributed by atoms with Crippen LogP contribution in [0.15, 0.2) is 30.3 Å². The molecule has 2 aliphatic rings. The zero-order chi connectivity index (χ0) is 40.3.